The molecule has 4 saturated carbocycles. The lowest BCUT2D eigenvalue weighted by atomic mass is 9.49. The highest BCUT2D eigenvalue weighted by Gasteiger charge is 2.54. The molecule has 4 aliphatic carbocycles. The number of anilines is 1. The van der Waals surface area contributed by atoms with Crippen molar-refractivity contribution in [2.24, 2.45) is 23.2 Å². The van der Waals surface area contributed by atoms with E-state index in [1.807, 2.05) is 6.07 Å². The normalized spacial score (nSPS) is 33.0. The highest BCUT2D eigenvalue weighted by Crippen LogP contribution is 2.60. The van der Waals surface area contributed by atoms with Gasteiger partial charge in [-0.2, -0.15) is 0 Å². The van der Waals surface area contributed by atoms with Gasteiger partial charge < -0.3 is 15.7 Å². The summed E-state index contributed by atoms with van der Waals surface area (Å²) in [5, 5.41) is 3.31. The van der Waals surface area contributed by atoms with Crippen LogP contribution in [-0.4, -0.2) is 65.5 Å². The molecule has 29 heavy (non-hydrogen) atoms. The molecule has 5 fully saturated rings. The van der Waals surface area contributed by atoms with Gasteiger partial charge in [0.05, 0.1) is 0 Å². The van der Waals surface area contributed by atoms with E-state index < -0.39 is 0 Å². The van der Waals surface area contributed by atoms with Gasteiger partial charge in [-0.1, -0.05) is 0 Å². The molecule has 1 amide bonds. The van der Waals surface area contributed by atoms with Gasteiger partial charge in [-0.3, -0.25) is 9.69 Å². The molecule has 0 spiro atoms. The number of rotatable bonds is 5. The first-order valence-electron chi connectivity index (χ1n) is 10.7. The molecule has 8 heteroatoms. The summed E-state index contributed by atoms with van der Waals surface area (Å²) in [6.45, 7) is 5.64. The van der Waals surface area contributed by atoms with E-state index in [2.05, 4.69) is 25.1 Å². The summed E-state index contributed by atoms with van der Waals surface area (Å²) in [6.07, 6.45) is 11.2. The lowest BCUT2D eigenvalue weighted by Gasteiger charge is -2.55. The SMILES string of the molecule is Cl.O.O=C(NCCN1CCN(c2ncccn2)CC1)C12CC3CC(CC(C3)C1)C2. The second-order valence-corrected chi connectivity index (χ2v) is 9.33. The molecule has 4 bridgehead atoms. The average Bonchev–Trinajstić information content (AvgIpc) is 2.68. The van der Waals surface area contributed by atoms with Crippen LogP contribution in [0.2, 0.25) is 0 Å². The van der Waals surface area contributed by atoms with Crippen molar-refractivity contribution < 1.29 is 10.3 Å². The van der Waals surface area contributed by atoms with Crippen LogP contribution in [0.15, 0.2) is 18.5 Å². The summed E-state index contributed by atoms with van der Waals surface area (Å²) in [7, 11) is 0. The number of hydrogen-bond donors (Lipinski definition) is 1. The summed E-state index contributed by atoms with van der Waals surface area (Å²) < 4.78 is 0. The third-order valence-corrected chi connectivity index (χ3v) is 7.44. The van der Waals surface area contributed by atoms with Gasteiger partial charge >= 0.3 is 0 Å². The Hall–Kier alpha value is -1.44. The standard InChI is InChI=1S/C21H31N5O.ClH.H2O/c27-19(21-13-16-10-17(14-21)12-18(11-16)15-21)22-4-5-25-6-8-26(9-7-25)20-23-2-1-3-24-20;;/h1-3,16-18H,4-15H2,(H,22,27);1H;1H2. The van der Waals surface area contributed by atoms with Gasteiger partial charge in [-0.15, -0.1) is 12.4 Å². The first kappa shape index (κ1) is 22.2. The summed E-state index contributed by atoms with van der Waals surface area (Å²) in [5.74, 6) is 3.67. The van der Waals surface area contributed by atoms with Gasteiger partial charge in [-0.25, -0.2) is 9.97 Å². The number of nitrogens with one attached hydrogen (secondary N) is 1. The van der Waals surface area contributed by atoms with Gasteiger partial charge in [0.1, 0.15) is 0 Å². The molecule has 5 aliphatic rings. The molecule has 0 aromatic carbocycles. The first-order chi connectivity index (χ1) is 13.2. The van der Waals surface area contributed by atoms with Gasteiger partial charge in [0.2, 0.25) is 11.9 Å². The molecule has 6 rings (SSSR count). The van der Waals surface area contributed by atoms with Crippen molar-refractivity contribution in [2.75, 3.05) is 44.2 Å². The molecule has 0 atom stereocenters. The lowest BCUT2D eigenvalue weighted by molar-refractivity contribution is -0.146. The molecule has 0 unspecified atom stereocenters. The molecule has 7 nitrogen and oxygen atoms in total. The van der Waals surface area contributed by atoms with Crippen molar-refractivity contribution in [3.63, 3.8) is 0 Å². The third kappa shape index (κ3) is 4.52. The molecule has 1 saturated heterocycles. The number of carbonyl (C=O) groups excluding carboxylic acids is 1. The lowest BCUT2D eigenvalue weighted by Crippen LogP contribution is -2.55. The van der Waals surface area contributed by atoms with Crippen LogP contribution < -0.4 is 10.2 Å². The highest BCUT2D eigenvalue weighted by molar-refractivity contribution is 5.85. The fourth-order valence-electron chi connectivity index (χ4n) is 6.53. The minimum Gasteiger partial charge on any atom is -0.412 e. The van der Waals surface area contributed by atoms with Crippen molar-refractivity contribution in [1.82, 2.24) is 20.2 Å². The fraction of sp³-hybridized carbons (Fsp3) is 0.762. The fourth-order valence-corrected chi connectivity index (χ4v) is 6.53. The van der Waals surface area contributed by atoms with E-state index in [0.29, 0.717) is 5.91 Å². The highest BCUT2D eigenvalue weighted by atomic mass is 35.5. The van der Waals surface area contributed by atoms with Crippen LogP contribution in [-0.2, 0) is 4.79 Å². The monoisotopic (exact) mass is 423 g/mol. The molecular weight excluding hydrogens is 390 g/mol. The van der Waals surface area contributed by atoms with Gasteiger partial charge in [0.25, 0.3) is 0 Å². The van der Waals surface area contributed by atoms with E-state index in [4.69, 9.17) is 0 Å². The predicted octanol–water partition coefficient (Wildman–Crippen LogP) is 1.53. The topological polar surface area (TPSA) is 92.9 Å². The Balaban J connectivity index is 0.00000120. The second kappa shape index (κ2) is 9.14. The van der Waals surface area contributed by atoms with E-state index in [1.165, 1.54) is 19.3 Å². The van der Waals surface area contributed by atoms with Gasteiger partial charge in [-0.05, 0) is 62.3 Å². The number of hydrogen-bond acceptors (Lipinski definition) is 5. The van der Waals surface area contributed by atoms with Crippen molar-refractivity contribution in [1.29, 1.82) is 0 Å². The smallest absolute Gasteiger partial charge is 0.226 e. The van der Waals surface area contributed by atoms with Crippen LogP contribution in [0.4, 0.5) is 5.95 Å². The Morgan fingerprint density at radius 2 is 1.55 bits per heavy atom. The van der Waals surface area contributed by atoms with Crippen molar-refractivity contribution in [2.45, 2.75) is 38.5 Å². The Kier molecular flexibility index (Phi) is 7.02. The molecule has 3 N–H and O–H groups in total. The van der Waals surface area contributed by atoms with Crippen LogP contribution in [0, 0.1) is 23.2 Å². The minimum absolute atomic E-state index is 0. The summed E-state index contributed by atoms with van der Waals surface area (Å²) >= 11 is 0. The summed E-state index contributed by atoms with van der Waals surface area (Å²) in [5.41, 5.74) is -0.0158. The Bertz CT molecular complexity index is 646. The number of nitrogens with zero attached hydrogens (tertiary/aromatic N) is 4. The van der Waals surface area contributed by atoms with Gasteiger partial charge in [0.15, 0.2) is 0 Å². The summed E-state index contributed by atoms with van der Waals surface area (Å²) in [6, 6.07) is 1.85. The first-order valence-corrected chi connectivity index (χ1v) is 10.7. The van der Waals surface area contributed by atoms with Crippen molar-refractivity contribution in [3.8, 4) is 0 Å². The predicted molar refractivity (Wildman–Crippen MR) is 115 cm³/mol. The average molecular weight is 424 g/mol. The van der Waals surface area contributed by atoms with Crippen LogP contribution in [0.1, 0.15) is 38.5 Å². The van der Waals surface area contributed by atoms with Crippen LogP contribution in [0.5, 0.6) is 0 Å². The molecule has 1 aromatic rings. The Labute approximate surface area is 179 Å². The van der Waals surface area contributed by atoms with Crippen LogP contribution in [0.3, 0.4) is 0 Å². The van der Waals surface area contributed by atoms with Crippen LogP contribution >= 0.6 is 12.4 Å². The zero-order valence-corrected chi connectivity index (χ0v) is 17.9. The van der Waals surface area contributed by atoms with Gasteiger partial charge in [0, 0.05) is 57.1 Å². The Morgan fingerprint density at radius 3 is 2.10 bits per heavy atom. The van der Waals surface area contributed by atoms with E-state index in [1.54, 1.807) is 12.4 Å². The molecular formula is C21H34ClN5O2. The number of amides is 1. The van der Waals surface area contributed by atoms with Crippen molar-refractivity contribution >= 4 is 24.3 Å². The largest absolute Gasteiger partial charge is 0.412 e. The third-order valence-electron chi connectivity index (χ3n) is 7.44. The second-order valence-electron chi connectivity index (χ2n) is 9.33. The zero-order chi connectivity index (χ0) is 18.3. The quantitative estimate of drug-likeness (QED) is 0.775. The number of carbonyl (C=O) groups is 1. The molecule has 1 aliphatic heterocycles. The van der Waals surface area contributed by atoms with Crippen molar-refractivity contribution in [3.05, 3.63) is 18.5 Å². The maximum atomic E-state index is 13.0. The maximum absolute atomic E-state index is 13.0. The molecule has 2 heterocycles. The van der Waals surface area contributed by atoms with Crippen LogP contribution in [0.25, 0.3) is 0 Å². The molecule has 0 radical (unpaired) electrons. The molecule has 162 valence electrons. The number of halogens is 1. The number of aromatic nitrogens is 2. The Morgan fingerprint density at radius 1 is 1.00 bits per heavy atom. The van der Waals surface area contributed by atoms with E-state index in [-0.39, 0.29) is 23.3 Å². The van der Waals surface area contributed by atoms with E-state index in [9.17, 15) is 4.79 Å². The number of piperazine rings is 1. The zero-order valence-electron chi connectivity index (χ0n) is 17.1. The van der Waals surface area contributed by atoms with E-state index in [0.717, 1.165) is 82.2 Å². The van der Waals surface area contributed by atoms with E-state index >= 15 is 0 Å². The minimum atomic E-state index is -0.0158. The maximum Gasteiger partial charge on any atom is 0.226 e. The summed E-state index contributed by atoms with van der Waals surface area (Å²) in [4.78, 5) is 26.4. The molecule has 1 aromatic heterocycles.